The number of nitrogens with two attached hydrogens (primary N) is 1. The van der Waals surface area contributed by atoms with Crippen molar-refractivity contribution in [3.63, 3.8) is 0 Å². The normalized spacial score (nSPS) is 13.2. The molecule has 11 heteroatoms. The molecule has 1 aliphatic heterocycles. The van der Waals surface area contributed by atoms with E-state index in [0.717, 1.165) is 22.3 Å². The van der Waals surface area contributed by atoms with Crippen molar-refractivity contribution in [3.05, 3.63) is 90.5 Å². The van der Waals surface area contributed by atoms with E-state index in [-0.39, 0.29) is 11.8 Å². The second-order valence-electron chi connectivity index (χ2n) is 9.02. The molecular formula is C29H29ClN6O4. The summed E-state index contributed by atoms with van der Waals surface area (Å²) in [6.45, 7) is 4.79. The Kier molecular flexibility index (Phi) is 9.48. The molecule has 0 atom stereocenters. The highest BCUT2D eigenvalue weighted by molar-refractivity contribution is 6.32. The molecule has 10 nitrogen and oxygen atoms in total. The van der Waals surface area contributed by atoms with Gasteiger partial charge < -0.3 is 25.8 Å². The van der Waals surface area contributed by atoms with E-state index in [0.29, 0.717) is 54.8 Å². The van der Waals surface area contributed by atoms with Gasteiger partial charge in [-0.05, 0) is 67.4 Å². The van der Waals surface area contributed by atoms with Gasteiger partial charge >= 0.3 is 5.97 Å². The molecule has 0 unspecified atom stereocenters. The molecule has 0 aliphatic carbocycles. The van der Waals surface area contributed by atoms with E-state index in [1.165, 1.54) is 12.4 Å². The number of hydrogen-bond donors (Lipinski definition) is 3. The summed E-state index contributed by atoms with van der Waals surface area (Å²) in [6, 6.07) is 16.7. The van der Waals surface area contributed by atoms with Crippen LogP contribution in [0.25, 0.3) is 10.9 Å². The molecule has 1 amide bonds. The first-order valence-electron chi connectivity index (χ1n) is 12.6. The fraction of sp³-hybridized carbons (Fsp3) is 0.207. The van der Waals surface area contributed by atoms with Crippen molar-refractivity contribution in [2.75, 3.05) is 24.1 Å². The Morgan fingerprint density at radius 2 is 1.93 bits per heavy atom. The number of carboxylic acid groups (broad SMARTS) is 1. The molecular weight excluding hydrogens is 532 g/mol. The quantitative estimate of drug-likeness (QED) is 0.208. The number of piperidine rings is 1. The number of nitrogens with zero attached hydrogens (tertiary/aromatic N) is 4. The summed E-state index contributed by atoms with van der Waals surface area (Å²) in [5.41, 5.74) is 8.96. The van der Waals surface area contributed by atoms with Crippen LogP contribution in [0.15, 0.2) is 79.8 Å². The van der Waals surface area contributed by atoms with E-state index in [1.807, 2.05) is 48.5 Å². The lowest BCUT2D eigenvalue weighted by molar-refractivity contribution is -0.144. The zero-order valence-corrected chi connectivity index (χ0v) is 22.4. The van der Waals surface area contributed by atoms with Crippen molar-refractivity contribution in [2.45, 2.75) is 19.4 Å². The predicted molar refractivity (Wildman–Crippen MR) is 154 cm³/mol. The van der Waals surface area contributed by atoms with Crippen LogP contribution in [0.1, 0.15) is 18.5 Å². The van der Waals surface area contributed by atoms with Gasteiger partial charge in [0.15, 0.2) is 0 Å². The van der Waals surface area contributed by atoms with Crippen molar-refractivity contribution in [2.24, 2.45) is 5.92 Å². The molecule has 4 N–H and O–H groups in total. The first-order chi connectivity index (χ1) is 19.3. The Hall–Kier alpha value is -4.70. The maximum Gasteiger partial charge on any atom is 0.306 e. The van der Waals surface area contributed by atoms with Gasteiger partial charge in [-0.15, -0.1) is 0 Å². The van der Waals surface area contributed by atoms with E-state index in [1.54, 1.807) is 17.2 Å². The number of halogens is 1. The highest BCUT2D eigenvalue weighted by Crippen LogP contribution is 2.31. The Morgan fingerprint density at radius 3 is 2.60 bits per heavy atom. The van der Waals surface area contributed by atoms with Gasteiger partial charge in [0.05, 0.1) is 22.2 Å². The van der Waals surface area contributed by atoms with Crippen LogP contribution in [0, 0.1) is 5.92 Å². The second kappa shape index (κ2) is 13.4. The fourth-order valence-electron chi connectivity index (χ4n) is 4.12. The van der Waals surface area contributed by atoms with Gasteiger partial charge in [0, 0.05) is 36.0 Å². The lowest BCUT2D eigenvalue weighted by Gasteiger charge is -2.29. The maximum atomic E-state index is 11.1. The maximum absolute atomic E-state index is 11.1. The molecule has 2 aromatic heterocycles. The number of aromatic nitrogens is 3. The Bertz CT molecular complexity index is 1490. The molecule has 0 radical (unpaired) electrons. The number of amides is 1. The molecule has 0 saturated carbocycles. The molecule has 1 saturated heterocycles. The SMILES string of the molecule is C=CC(=O)N1CCC(C(=O)O)CC1.Nc1ccc2ncnc(Nc3ccc(OCc4ccccn4)c(Cl)c3)c2c1. The number of nitrogens with one attached hydrogen (secondary N) is 1. The van der Waals surface area contributed by atoms with Crippen molar-refractivity contribution in [3.8, 4) is 5.75 Å². The topological polar surface area (TPSA) is 144 Å². The standard InChI is InChI=1S/C20H16ClN5O.C9H13NO3/c21-17-10-14(5-7-19(17)27-11-15-3-1-2-8-23-15)26-20-16-9-13(22)4-6-18(16)24-12-25-20;1-2-8(11)10-5-3-7(4-6-10)9(12)13/h1-10,12H,11,22H2,(H,24,25,26);2,7H,1,3-6H2,(H,12,13). The number of carbonyl (C=O) groups excluding carboxylic acids is 1. The minimum atomic E-state index is -0.759. The van der Waals surface area contributed by atoms with E-state index in [9.17, 15) is 9.59 Å². The molecule has 0 spiro atoms. The summed E-state index contributed by atoms with van der Waals surface area (Å²) in [4.78, 5) is 36.1. The first-order valence-corrected chi connectivity index (χ1v) is 13.0. The molecule has 0 bridgehead atoms. The fourth-order valence-corrected chi connectivity index (χ4v) is 4.35. The number of pyridine rings is 1. The molecule has 2 aromatic carbocycles. The molecule has 40 heavy (non-hydrogen) atoms. The number of benzene rings is 2. The molecule has 4 aromatic rings. The number of ether oxygens (including phenoxy) is 1. The summed E-state index contributed by atoms with van der Waals surface area (Å²) < 4.78 is 5.75. The lowest BCUT2D eigenvalue weighted by Crippen LogP contribution is -2.39. The van der Waals surface area contributed by atoms with Gasteiger partial charge in [0.1, 0.15) is 24.5 Å². The van der Waals surface area contributed by atoms with Gasteiger partial charge in [-0.25, -0.2) is 9.97 Å². The number of anilines is 3. The summed E-state index contributed by atoms with van der Waals surface area (Å²) >= 11 is 6.37. The number of carbonyl (C=O) groups is 2. The number of nitrogen functional groups attached to an aromatic ring is 1. The van der Waals surface area contributed by atoms with E-state index in [4.69, 9.17) is 27.2 Å². The van der Waals surface area contributed by atoms with Crippen LogP contribution in [0.5, 0.6) is 5.75 Å². The smallest absolute Gasteiger partial charge is 0.306 e. The molecule has 206 valence electrons. The highest BCUT2D eigenvalue weighted by Gasteiger charge is 2.25. The number of carboxylic acids is 1. The van der Waals surface area contributed by atoms with Crippen LogP contribution in [0.2, 0.25) is 5.02 Å². The number of fused-ring (bicyclic) bond motifs is 1. The van der Waals surface area contributed by atoms with Crippen LogP contribution in [-0.2, 0) is 16.2 Å². The van der Waals surface area contributed by atoms with Crippen LogP contribution in [0.3, 0.4) is 0 Å². The number of aliphatic carboxylic acids is 1. The summed E-state index contributed by atoms with van der Waals surface area (Å²) in [5, 5.41) is 13.3. The van der Waals surface area contributed by atoms with Gasteiger partial charge in [0.25, 0.3) is 0 Å². The molecule has 5 rings (SSSR count). The third-order valence-electron chi connectivity index (χ3n) is 6.29. The van der Waals surface area contributed by atoms with E-state index < -0.39 is 5.97 Å². The average molecular weight is 561 g/mol. The van der Waals surface area contributed by atoms with Gasteiger partial charge in [-0.2, -0.15) is 0 Å². The van der Waals surface area contributed by atoms with E-state index in [2.05, 4.69) is 26.8 Å². The first kappa shape index (κ1) is 28.3. The van der Waals surface area contributed by atoms with Gasteiger partial charge in [0.2, 0.25) is 5.91 Å². The largest absolute Gasteiger partial charge is 0.486 e. The van der Waals surface area contributed by atoms with Crippen LogP contribution in [0.4, 0.5) is 17.2 Å². The Labute approximate surface area is 236 Å². The number of rotatable bonds is 7. The summed E-state index contributed by atoms with van der Waals surface area (Å²) in [5.74, 6) is 0.0959. The Balaban J connectivity index is 0.000000240. The summed E-state index contributed by atoms with van der Waals surface area (Å²) in [6.07, 6.45) is 5.60. The average Bonchev–Trinajstić information content (AvgIpc) is 2.97. The third-order valence-corrected chi connectivity index (χ3v) is 6.58. The van der Waals surface area contributed by atoms with Crippen LogP contribution < -0.4 is 15.8 Å². The molecule has 1 fully saturated rings. The molecule has 3 heterocycles. The number of likely N-dealkylation sites (tertiary alicyclic amines) is 1. The minimum absolute atomic E-state index is 0.108. The number of hydrogen-bond acceptors (Lipinski definition) is 8. The zero-order valence-electron chi connectivity index (χ0n) is 21.7. The van der Waals surface area contributed by atoms with Crippen molar-refractivity contribution < 1.29 is 19.4 Å². The van der Waals surface area contributed by atoms with E-state index >= 15 is 0 Å². The lowest BCUT2D eigenvalue weighted by atomic mass is 9.97. The van der Waals surface area contributed by atoms with Crippen molar-refractivity contribution in [1.29, 1.82) is 0 Å². The third kappa shape index (κ3) is 7.45. The minimum Gasteiger partial charge on any atom is -0.486 e. The van der Waals surface area contributed by atoms with Crippen molar-refractivity contribution >= 4 is 51.6 Å². The zero-order chi connectivity index (χ0) is 28.5. The van der Waals surface area contributed by atoms with Gasteiger partial charge in [-0.3, -0.25) is 14.6 Å². The molecule has 1 aliphatic rings. The predicted octanol–water partition coefficient (Wildman–Crippen LogP) is 5.08. The monoisotopic (exact) mass is 560 g/mol. The van der Waals surface area contributed by atoms with Crippen LogP contribution in [-0.4, -0.2) is 49.9 Å². The Morgan fingerprint density at radius 1 is 1.12 bits per heavy atom. The van der Waals surface area contributed by atoms with Crippen molar-refractivity contribution in [1.82, 2.24) is 19.9 Å². The second-order valence-corrected chi connectivity index (χ2v) is 9.43. The highest BCUT2D eigenvalue weighted by atomic mass is 35.5. The van der Waals surface area contributed by atoms with Crippen LogP contribution >= 0.6 is 11.6 Å². The summed E-state index contributed by atoms with van der Waals surface area (Å²) in [7, 11) is 0. The van der Waals surface area contributed by atoms with Gasteiger partial charge in [-0.1, -0.05) is 24.2 Å².